The smallest absolute Gasteiger partial charge is 0.243 e. The molecule has 1 aromatic rings. The first-order chi connectivity index (χ1) is 9.07. The van der Waals surface area contributed by atoms with Crippen molar-refractivity contribution in [3.63, 3.8) is 0 Å². The number of fused-ring (bicyclic) bond motifs is 1. The number of hydrogen-bond acceptors (Lipinski definition) is 3. The highest BCUT2D eigenvalue weighted by Crippen LogP contribution is 2.26. The first kappa shape index (κ1) is 13.5. The van der Waals surface area contributed by atoms with Gasteiger partial charge in [0.2, 0.25) is 10.0 Å². The standard InChI is InChI=1S/C13H17BrN2O2S/c14-11-3-5-13(6-4-11)19(17,18)16-9-8-15-7-1-2-12(15)10-16/h3-6,12H,1-2,7-10H2/t12-/m0/s1. The molecule has 2 heterocycles. The number of sulfonamides is 1. The van der Waals surface area contributed by atoms with Crippen LogP contribution in [0.3, 0.4) is 0 Å². The predicted octanol–water partition coefficient (Wildman–Crippen LogP) is 1.92. The lowest BCUT2D eigenvalue weighted by atomic mass is 10.2. The number of nitrogens with zero attached hydrogens (tertiary/aromatic N) is 2. The van der Waals surface area contributed by atoms with Crippen LogP contribution in [0.4, 0.5) is 0 Å². The summed E-state index contributed by atoms with van der Waals surface area (Å²) in [5.41, 5.74) is 0. The van der Waals surface area contributed by atoms with Crippen LogP contribution in [-0.4, -0.2) is 49.8 Å². The van der Waals surface area contributed by atoms with E-state index in [1.165, 1.54) is 6.42 Å². The molecule has 0 saturated carbocycles. The Labute approximate surface area is 122 Å². The van der Waals surface area contributed by atoms with Gasteiger partial charge in [-0.05, 0) is 43.7 Å². The van der Waals surface area contributed by atoms with Crippen LogP contribution in [-0.2, 0) is 10.0 Å². The quantitative estimate of drug-likeness (QED) is 0.822. The molecule has 2 aliphatic rings. The average Bonchev–Trinajstić information content (AvgIpc) is 2.86. The van der Waals surface area contributed by atoms with E-state index in [2.05, 4.69) is 20.8 Å². The predicted molar refractivity (Wildman–Crippen MR) is 77.5 cm³/mol. The van der Waals surface area contributed by atoms with Crippen LogP contribution in [0.1, 0.15) is 12.8 Å². The van der Waals surface area contributed by atoms with Crippen molar-refractivity contribution in [2.45, 2.75) is 23.8 Å². The summed E-state index contributed by atoms with van der Waals surface area (Å²) in [7, 11) is -3.33. The van der Waals surface area contributed by atoms with E-state index < -0.39 is 10.0 Å². The molecule has 3 rings (SSSR count). The second-order valence-corrected chi connectivity index (χ2v) is 8.00. The fourth-order valence-electron chi connectivity index (χ4n) is 2.94. The van der Waals surface area contributed by atoms with Crippen LogP contribution >= 0.6 is 15.9 Å². The van der Waals surface area contributed by atoms with Crippen LogP contribution in [0.5, 0.6) is 0 Å². The van der Waals surface area contributed by atoms with Crippen LogP contribution < -0.4 is 0 Å². The Morgan fingerprint density at radius 3 is 2.58 bits per heavy atom. The summed E-state index contributed by atoms with van der Waals surface area (Å²) in [6, 6.07) is 7.30. The highest BCUT2D eigenvalue weighted by atomic mass is 79.9. The Kier molecular flexibility index (Phi) is 3.68. The number of rotatable bonds is 2. The second-order valence-electron chi connectivity index (χ2n) is 5.15. The van der Waals surface area contributed by atoms with Gasteiger partial charge in [-0.1, -0.05) is 15.9 Å². The largest absolute Gasteiger partial charge is 0.298 e. The summed E-state index contributed by atoms with van der Waals surface area (Å²) in [4.78, 5) is 2.80. The number of halogens is 1. The van der Waals surface area contributed by atoms with E-state index in [-0.39, 0.29) is 0 Å². The summed E-state index contributed by atoms with van der Waals surface area (Å²) in [5.74, 6) is 0. The van der Waals surface area contributed by atoms with Gasteiger partial charge >= 0.3 is 0 Å². The lowest BCUT2D eigenvalue weighted by Gasteiger charge is -2.36. The minimum atomic E-state index is -3.33. The first-order valence-corrected chi connectivity index (χ1v) is 8.80. The monoisotopic (exact) mass is 344 g/mol. The molecule has 0 N–H and O–H groups in total. The Hall–Kier alpha value is -0.430. The van der Waals surface area contributed by atoms with Crippen molar-refractivity contribution >= 4 is 26.0 Å². The Morgan fingerprint density at radius 2 is 1.84 bits per heavy atom. The lowest BCUT2D eigenvalue weighted by Crippen LogP contribution is -2.51. The van der Waals surface area contributed by atoms with Crippen molar-refractivity contribution in [1.82, 2.24) is 9.21 Å². The van der Waals surface area contributed by atoms with E-state index in [4.69, 9.17) is 0 Å². The number of benzene rings is 1. The van der Waals surface area contributed by atoms with E-state index in [0.717, 1.165) is 24.0 Å². The van der Waals surface area contributed by atoms with Crippen molar-refractivity contribution in [3.05, 3.63) is 28.7 Å². The molecule has 6 heteroatoms. The fourth-order valence-corrected chi connectivity index (χ4v) is 4.67. The van der Waals surface area contributed by atoms with E-state index in [1.807, 2.05) is 0 Å². The molecule has 1 atom stereocenters. The normalized spacial score (nSPS) is 25.4. The second kappa shape index (κ2) is 5.16. The Bertz CT molecular complexity index is 559. The third-order valence-corrected chi connectivity index (χ3v) is 6.41. The van der Waals surface area contributed by atoms with Gasteiger partial charge in [0.15, 0.2) is 0 Å². The molecule has 2 fully saturated rings. The van der Waals surface area contributed by atoms with Crippen LogP contribution in [0.25, 0.3) is 0 Å². The molecule has 2 aliphatic heterocycles. The van der Waals surface area contributed by atoms with Gasteiger partial charge in [0.25, 0.3) is 0 Å². The van der Waals surface area contributed by atoms with E-state index in [9.17, 15) is 8.42 Å². The molecule has 0 bridgehead atoms. The molecule has 2 saturated heterocycles. The van der Waals surface area contributed by atoms with Crippen molar-refractivity contribution in [1.29, 1.82) is 0 Å². The van der Waals surface area contributed by atoms with Gasteiger partial charge in [0.05, 0.1) is 4.90 Å². The molecule has 19 heavy (non-hydrogen) atoms. The maximum Gasteiger partial charge on any atom is 0.243 e. The molecular formula is C13H17BrN2O2S. The van der Waals surface area contributed by atoms with E-state index in [0.29, 0.717) is 24.0 Å². The van der Waals surface area contributed by atoms with Crippen LogP contribution in [0.2, 0.25) is 0 Å². The minimum absolute atomic E-state index is 0.391. The van der Waals surface area contributed by atoms with Crippen molar-refractivity contribution in [3.8, 4) is 0 Å². The fraction of sp³-hybridized carbons (Fsp3) is 0.538. The third-order valence-electron chi connectivity index (χ3n) is 4.00. The highest BCUT2D eigenvalue weighted by molar-refractivity contribution is 9.10. The molecule has 0 aromatic heterocycles. The van der Waals surface area contributed by atoms with E-state index in [1.54, 1.807) is 28.6 Å². The minimum Gasteiger partial charge on any atom is -0.298 e. The molecular weight excluding hydrogens is 328 g/mol. The topological polar surface area (TPSA) is 40.6 Å². The molecule has 0 spiro atoms. The van der Waals surface area contributed by atoms with Gasteiger partial charge in [-0.15, -0.1) is 0 Å². The summed E-state index contributed by atoms with van der Waals surface area (Å²) < 4.78 is 27.7. The molecule has 0 aliphatic carbocycles. The summed E-state index contributed by atoms with van der Waals surface area (Å²) in [6.07, 6.45) is 2.31. The van der Waals surface area contributed by atoms with Crippen LogP contribution in [0.15, 0.2) is 33.6 Å². The maximum absolute atomic E-state index is 12.6. The van der Waals surface area contributed by atoms with Crippen molar-refractivity contribution < 1.29 is 8.42 Å². The molecule has 0 unspecified atom stereocenters. The van der Waals surface area contributed by atoms with Gasteiger partial charge in [0, 0.05) is 30.1 Å². The molecule has 0 amide bonds. The summed E-state index contributed by atoms with van der Waals surface area (Å²) in [6.45, 7) is 3.23. The zero-order valence-electron chi connectivity index (χ0n) is 10.6. The SMILES string of the molecule is O=S(=O)(c1ccc(Br)cc1)N1CCN2CCC[C@H]2C1. The third kappa shape index (κ3) is 2.59. The van der Waals surface area contributed by atoms with Gasteiger partial charge < -0.3 is 0 Å². The molecule has 4 nitrogen and oxygen atoms in total. The Morgan fingerprint density at radius 1 is 1.11 bits per heavy atom. The Balaban J connectivity index is 1.82. The average molecular weight is 345 g/mol. The zero-order valence-corrected chi connectivity index (χ0v) is 13.0. The van der Waals surface area contributed by atoms with E-state index >= 15 is 0 Å². The molecule has 1 aromatic carbocycles. The summed E-state index contributed by atoms with van der Waals surface area (Å²) >= 11 is 3.33. The number of piperazine rings is 1. The first-order valence-electron chi connectivity index (χ1n) is 6.57. The molecule has 104 valence electrons. The maximum atomic E-state index is 12.6. The van der Waals surface area contributed by atoms with Gasteiger partial charge in [-0.2, -0.15) is 4.31 Å². The zero-order chi connectivity index (χ0) is 13.5. The van der Waals surface area contributed by atoms with Crippen LogP contribution in [0, 0.1) is 0 Å². The number of hydrogen-bond donors (Lipinski definition) is 0. The highest BCUT2D eigenvalue weighted by Gasteiger charge is 2.36. The van der Waals surface area contributed by atoms with Crippen molar-refractivity contribution in [2.24, 2.45) is 0 Å². The summed E-state index contributed by atoms with van der Waals surface area (Å²) in [5, 5.41) is 0. The van der Waals surface area contributed by atoms with Crippen molar-refractivity contribution in [2.75, 3.05) is 26.2 Å². The van der Waals surface area contributed by atoms with Gasteiger partial charge in [-0.25, -0.2) is 8.42 Å². The van der Waals surface area contributed by atoms with Gasteiger partial charge in [-0.3, -0.25) is 4.90 Å². The molecule has 0 radical (unpaired) electrons. The lowest BCUT2D eigenvalue weighted by molar-refractivity contribution is 0.158. The van der Waals surface area contributed by atoms with Gasteiger partial charge in [0.1, 0.15) is 0 Å².